The molecule has 0 atom stereocenters. The third-order valence-electron chi connectivity index (χ3n) is 3.66. The molecule has 11 heteroatoms. The molecule has 2 rings (SSSR count). The Morgan fingerprint density at radius 3 is 2.36 bits per heavy atom. The van der Waals surface area contributed by atoms with Crippen LogP contribution in [-0.4, -0.2) is 10.5 Å². The molecule has 0 fully saturated rings. The number of alkyl halides is 3. The van der Waals surface area contributed by atoms with E-state index in [1.165, 1.54) is 6.08 Å². The lowest BCUT2D eigenvalue weighted by Gasteiger charge is -2.13. The Kier molecular flexibility index (Phi) is 6.58. The fourth-order valence-electron chi connectivity index (χ4n) is 2.50. The Labute approximate surface area is 172 Å². The summed E-state index contributed by atoms with van der Waals surface area (Å²) in [6.07, 6.45) is -3.61. The maximum Gasteiger partial charge on any atom is 0.432 e. The minimum absolute atomic E-state index is 0.0941. The van der Waals surface area contributed by atoms with E-state index >= 15 is 4.39 Å². The Morgan fingerprint density at radius 1 is 1.29 bits per heavy atom. The molecule has 0 aliphatic carbocycles. The fourth-order valence-corrected chi connectivity index (χ4v) is 3.50. The molecular weight excluding hydrogens is 449 g/mol. The van der Waals surface area contributed by atoms with E-state index < -0.39 is 45.0 Å². The van der Waals surface area contributed by atoms with Crippen molar-refractivity contribution >= 4 is 40.8 Å². The van der Waals surface area contributed by atoms with Crippen LogP contribution < -0.4 is 4.89 Å². The molecule has 0 amide bonds. The van der Waals surface area contributed by atoms with Gasteiger partial charge >= 0.3 is 12.1 Å². The summed E-state index contributed by atoms with van der Waals surface area (Å²) >= 11 is 18.0. The molecule has 28 heavy (non-hydrogen) atoms. The Balaban J connectivity index is 2.82. The molecule has 0 unspecified atom stereocenters. The highest BCUT2D eigenvalue weighted by Gasteiger charge is 2.40. The minimum Gasteiger partial charge on any atom is -0.329 e. The first-order valence-corrected chi connectivity index (χ1v) is 8.63. The van der Waals surface area contributed by atoms with Gasteiger partial charge in [-0.05, 0) is 12.5 Å². The number of carbonyl (C=O) groups excluding carboxylic acids is 1. The van der Waals surface area contributed by atoms with Crippen LogP contribution in [0.4, 0.5) is 17.6 Å². The predicted molar refractivity (Wildman–Crippen MR) is 97.1 cm³/mol. The predicted octanol–water partition coefficient (Wildman–Crippen LogP) is 6.40. The lowest BCUT2D eigenvalue weighted by molar-refractivity contribution is -0.210. The molecule has 0 saturated carbocycles. The molecule has 152 valence electrons. The number of carbonyl (C=O) groups is 1. The highest BCUT2D eigenvalue weighted by atomic mass is 35.5. The first-order chi connectivity index (χ1) is 12.9. The molecule has 0 aliphatic heterocycles. The van der Waals surface area contributed by atoms with Gasteiger partial charge in [-0.25, -0.2) is 9.18 Å². The van der Waals surface area contributed by atoms with Crippen molar-refractivity contribution in [3.8, 4) is 16.9 Å². The minimum atomic E-state index is -4.84. The highest BCUT2D eigenvalue weighted by molar-refractivity contribution is 6.40. The van der Waals surface area contributed by atoms with Crippen LogP contribution in [0.2, 0.25) is 15.2 Å². The molecule has 0 saturated heterocycles. The molecule has 1 aromatic heterocycles. The van der Waals surface area contributed by atoms with E-state index in [1.807, 2.05) is 0 Å². The Morgan fingerprint density at radius 2 is 1.89 bits per heavy atom. The van der Waals surface area contributed by atoms with E-state index in [1.54, 1.807) is 0 Å². The van der Waals surface area contributed by atoms with Gasteiger partial charge in [0.1, 0.15) is 16.7 Å². The standard InChI is InChI=1S/C17H12Cl3F4NO3/c1-4-5-8-12(18)10(28-27-7(2)26)6-9(14(8)21)11-13(19)15(17(22,23)24)25(3)16(11)20/h4,6H,1,5H2,2-3H3. The number of allylic oxidation sites excluding steroid dienone is 1. The maximum atomic E-state index is 15.1. The number of hydrogen-bond donors (Lipinski definition) is 0. The second kappa shape index (κ2) is 8.23. The summed E-state index contributed by atoms with van der Waals surface area (Å²) in [4.78, 5) is 20.2. The fraction of sp³-hybridized carbons (Fsp3) is 0.235. The molecule has 2 aromatic rings. The van der Waals surface area contributed by atoms with Crippen molar-refractivity contribution in [3.05, 3.63) is 51.0 Å². The summed E-state index contributed by atoms with van der Waals surface area (Å²) in [6, 6.07) is 0.945. The third-order valence-corrected chi connectivity index (χ3v) is 4.88. The number of hydrogen-bond acceptors (Lipinski definition) is 3. The molecule has 0 N–H and O–H groups in total. The molecular formula is C17H12Cl3F4NO3. The SMILES string of the molecule is C=CCc1c(F)c(-c2c(Cl)c(C(F)(F)F)n(C)c2Cl)cc(OOC(C)=O)c1Cl. The van der Waals surface area contributed by atoms with Gasteiger partial charge in [0.25, 0.3) is 0 Å². The smallest absolute Gasteiger partial charge is 0.329 e. The zero-order chi connectivity index (χ0) is 21.4. The van der Waals surface area contributed by atoms with Crippen molar-refractivity contribution < 1.29 is 32.1 Å². The summed E-state index contributed by atoms with van der Waals surface area (Å²) in [5, 5.41) is -1.51. The molecule has 0 spiro atoms. The van der Waals surface area contributed by atoms with Crippen LogP contribution in [0.1, 0.15) is 18.2 Å². The number of benzene rings is 1. The van der Waals surface area contributed by atoms with Crippen molar-refractivity contribution in [2.75, 3.05) is 0 Å². The van der Waals surface area contributed by atoms with Gasteiger partial charge in [0.2, 0.25) is 0 Å². The molecule has 0 radical (unpaired) electrons. The molecule has 0 aliphatic rings. The normalized spacial score (nSPS) is 11.5. The summed E-state index contributed by atoms with van der Waals surface area (Å²) in [5.41, 5.74) is -2.23. The van der Waals surface area contributed by atoms with E-state index in [4.69, 9.17) is 39.7 Å². The Hall–Kier alpha value is -1.90. The molecule has 4 nitrogen and oxygen atoms in total. The van der Waals surface area contributed by atoms with Gasteiger partial charge in [-0.2, -0.15) is 13.2 Å². The van der Waals surface area contributed by atoms with Crippen LogP contribution in [0, 0.1) is 5.82 Å². The first kappa shape index (κ1) is 22.4. The van der Waals surface area contributed by atoms with Gasteiger partial charge < -0.3 is 4.57 Å². The number of halogens is 7. The average Bonchev–Trinajstić information content (AvgIpc) is 2.80. The first-order valence-electron chi connectivity index (χ1n) is 7.49. The zero-order valence-electron chi connectivity index (χ0n) is 14.4. The van der Waals surface area contributed by atoms with E-state index in [2.05, 4.69) is 11.5 Å². The van der Waals surface area contributed by atoms with Crippen molar-refractivity contribution in [1.82, 2.24) is 4.57 Å². The van der Waals surface area contributed by atoms with E-state index in [9.17, 15) is 18.0 Å². The summed E-state index contributed by atoms with van der Waals surface area (Å²) in [7, 11) is 1.04. The second-order valence-electron chi connectivity index (χ2n) is 5.57. The quantitative estimate of drug-likeness (QED) is 0.224. The largest absolute Gasteiger partial charge is 0.432 e. The molecule has 1 heterocycles. The van der Waals surface area contributed by atoms with Crippen LogP contribution in [0.5, 0.6) is 5.75 Å². The number of nitrogens with zero attached hydrogens (tertiary/aromatic N) is 1. The second-order valence-corrected chi connectivity index (χ2v) is 6.68. The third kappa shape index (κ3) is 4.09. The summed E-state index contributed by atoms with van der Waals surface area (Å²) in [5.74, 6) is -2.11. The van der Waals surface area contributed by atoms with Crippen LogP contribution >= 0.6 is 34.8 Å². The molecule has 1 aromatic carbocycles. The van der Waals surface area contributed by atoms with Crippen molar-refractivity contribution in [3.63, 3.8) is 0 Å². The average molecular weight is 461 g/mol. The monoisotopic (exact) mass is 459 g/mol. The van der Waals surface area contributed by atoms with Crippen molar-refractivity contribution in [2.45, 2.75) is 19.5 Å². The lowest BCUT2D eigenvalue weighted by Crippen LogP contribution is -2.11. The number of aromatic nitrogens is 1. The van der Waals surface area contributed by atoms with Crippen LogP contribution in [0.25, 0.3) is 11.1 Å². The van der Waals surface area contributed by atoms with Crippen molar-refractivity contribution in [1.29, 1.82) is 0 Å². The summed E-state index contributed by atoms with van der Waals surface area (Å²) < 4.78 is 55.6. The van der Waals surface area contributed by atoms with Gasteiger partial charge in [0.15, 0.2) is 5.75 Å². The van der Waals surface area contributed by atoms with Crippen LogP contribution in [0.15, 0.2) is 18.7 Å². The van der Waals surface area contributed by atoms with Crippen LogP contribution in [0.3, 0.4) is 0 Å². The molecule has 0 bridgehead atoms. The van der Waals surface area contributed by atoms with Gasteiger partial charge in [-0.3, -0.25) is 9.78 Å². The topological polar surface area (TPSA) is 40.5 Å². The van der Waals surface area contributed by atoms with Crippen LogP contribution in [-0.2, 0) is 29.3 Å². The maximum absolute atomic E-state index is 15.1. The summed E-state index contributed by atoms with van der Waals surface area (Å²) in [6.45, 7) is 4.52. The van der Waals surface area contributed by atoms with Gasteiger partial charge in [0, 0.05) is 30.7 Å². The van der Waals surface area contributed by atoms with Gasteiger partial charge in [0.05, 0.1) is 10.0 Å². The Bertz CT molecular complexity index is 955. The van der Waals surface area contributed by atoms with E-state index in [-0.39, 0.29) is 22.8 Å². The zero-order valence-corrected chi connectivity index (χ0v) is 16.7. The lowest BCUT2D eigenvalue weighted by atomic mass is 10.0. The van der Waals surface area contributed by atoms with E-state index in [0.717, 1.165) is 20.0 Å². The van der Waals surface area contributed by atoms with E-state index in [0.29, 0.717) is 4.57 Å². The van der Waals surface area contributed by atoms with Gasteiger partial charge in [-0.1, -0.05) is 40.9 Å². The van der Waals surface area contributed by atoms with Gasteiger partial charge in [-0.15, -0.1) is 6.58 Å². The highest BCUT2D eigenvalue weighted by Crippen LogP contribution is 2.48. The van der Waals surface area contributed by atoms with Crippen molar-refractivity contribution in [2.24, 2.45) is 7.05 Å². The number of rotatable bonds is 5.